The smallest absolute Gasteiger partial charge is 0.279 e. The summed E-state index contributed by atoms with van der Waals surface area (Å²) in [6.45, 7) is 4.72. The highest BCUT2D eigenvalue weighted by Crippen LogP contribution is 2.32. The number of hydrogen-bond acceptors (Lipinski definition) is 7. The topological polar surface area (TPSA) is 93.6 Å². The Bertz CT molecular complexity index is 989. The van der Waals surface area contributed by atoms with Gasteiger partial charge >= 0.3 is 0 Å². The lowest BCUT2D eigenvalue weighted by Crippen LogP contribution is -2.44. The number of hydrogen-bond donors (Lipinski definition) is 3. The number of alkyl halides is 2. The van der Waals surface area contributed by atoms with Gasteiger partial charge in [-0.3, -0.25) is 10.1 Å². The van der Waals surface area contributed by atoms with Gasteiger partial charge in [-0.2, -0.15) is 0 Å². The van der Waals surface area contributed by atoms with Gasteiger partial charge in [-0.25, -0.2) is 28.1 Å². The van der Waals surface area contributed by atoms with Gasteiger partial charge in [0.15, 0.2) is 0 Å². The van der Waals surface area contributed by atoms with Crippen molar-refractivity contribution >= 4 is 29.6 Å². The van der Waals surface area contributed by atoms with Gasteiger partial charge in [0.25, 0.3) is 6.43 Å². The molecule has 166 valence electrons. The second kappa shape index (κ2) is 10.1. The van der Waals surface area contributed by atoms with E-state index in [4.69, 9.17) is 5.41 Å². The molecular weight excluding hydrogens is 427 g/mol. The maximum Gasteiger partial charge on any atom is 0.279 e. The molecule has 3 heterocycles. The molecule has 0 aliphatic carbocycles. The SMILES string of the molecule is CSNCC1=C(F)C(C)CN(c2cc(-c3cnc(/C=C\C(=N)C(F)F)[nH]3)ncn2)C1C. The lowest BCUT2D eigenvalue weighted by atomic mass is 9.93. The Morgan fingerprint density at radius 3 is 2.87 bits per heavy atom. The number of allylic oxidation sites excluding steroid dienone is 1. The van der Waals surface area contributed by atoms with Crippen LogP contribution in [0.15, 0.2) is 36.1 Å². The molecule has 0 bridgehead atoms. The fourth-order valence-corrected chi connectivity index (χ4v) is 3.66. The molecule has 11 heteroatoms. The van der Waals surface area contributed by atoms with Gasteiger partial charge in [0.2, 0.25) is 0 Å². The summed E-state index contributed by atoms with van der Waals surface area (Å²) in [6, 6.07) is 1.60. The van der Waals surface area contributed by atoms with Gasteiger partial charge in [-0.15, -0.1) is 0 Å². The minimum Gasteiger partial charge on any atom is -0.349 e. The fourth-order valence-electron chi connectivity index (χ4n) is 3.36. The van der Waals surface area contributed by atoms with E-state index >= 15 is 0 Å². The van der Waals surface area contributed by atoms with Crippen molar-refractivity contribution in [2.24, 2.45) is 5.92 Å². The van der Waals surface area contributed by atoms with Crippen LogP contribution in [-0.2, 0) is 0 Å². The van der Waals surface area contributed by atoms with E-state index in [1.807, 2.05) is 25.0 Å². The molecule has 2 atom stereocenters. The highest BCUT2D eigenvalue weighted by molar-refractivity contribution is 7.96. The van der Waals surface area contributed by atoms with Crippen molar-refractivity contribution in [2.45, 2.75) is 26.3 Å². The zero-order valence-electron chi connectivity index (χ0n) is 17.4. The maximum absolute atomic E-state index is 14.7. The first-order chi connectivity index (χ1) is 14.8. The van der Waals surface area contributed by atoms with Crippen molar-refractivity contribution in [2.75, 3.05) is 24.2 Å². The van der Waals surface area contributed by atoms with Gasteiger partial charge in [-0.1, -0.05) is 18.9 Å². The molecule has 0 radical (unpaired) electrons. The zero-order valence-corrected chi connectivity index (χ0v) is 18.2. The van der Waals surface area contributed by atoms with E-state index in [-0.39, 0.29) is 17.8 Å². The Morgan fingerprint density at radius 2 is 2.16 bits per heavy atom. The van der Waals surface area contributed by atoms with Crippen molar-refractivity contribution in [3.63, 3.8) is 0 Å². The fraction of sp³-hybridized carbons (Fsp3) is 0.400. The average Bonchev–Trinajstić information content (AvgIpc) is 3.23. The molecule has 2 aromatic rings. The molecule has 0 amide bonds. The van der Waals surface area contributed by atoms with Crippen LogP contribution in [0.1, 0.15) is 19.7 Å². The van der Waals surface area contributed by atoms with Crippen molar-refractivity contribution in [3.05, 3.63) is 41.9 Å². The Morgan fingerprint density at radius 1 is 1.39 bits per heavy atom. The third-order valence-corrected chi connectivity index (χ3v) is 5.50. The highest BCUT2D eigenvalue weighted by atomic mass is 32.2. The molecule has 0 fully saturated rings. The number of imidazole rings is 1. The van der Waals surface area contributed by atoms with Crippen LogP contribution in [0, 0.1) is 11.3 Å². The Hall–Kier alpha value is -2.66. The molecule has 3 rings (SSSR count). The van der Waals surface area contributed by atoms with Crippen LogP contribution < -0.4 is 9.62 Å². The van der Waals surface area contributed by atoms with Crippen LogP contribution in [0.2, 0.25) is 0 Å². The predicted octanol–water partition coefficient (Wildman–Crippen LogP) is 4.10. The van der Waals surface area contributed by atoms with Crippen LogP contribution in [0.4, 0.5) is 19.0 Å². The van der Waals surface area contributed by atoms with Gasteiger partial charge in [0.1, 0.15) is 23.8 Å². The molecule has 0 saturated heterocycles. The Labute approximate surface area is 182 Å². The number of nitrogens with zero attached hydrogens (tertiary/aromatic N) is 4. The summed E-state index contributed by atoms with van der Waals surface area (Å²) in [5.74, 6) is 0.641. The second-order valence-electron chi connectivity index (χ2n) is 7.16. The third kappa shape index (κ3) is 5.34. The lowest BCUT2D eigenvalue weighted by molar-refractivity contribution is 0.226. The first kappa shape index (κ1) is 23.0. The van der Waals surface area contributed by atoms with Gasteiger partial charge < -0.3 is 9.88 Å². The van der Waals surface area contributed by atoms with Crippen molar-refractivity contribution in [1.29, 1.82) is 5.41 Å². The molecule has 2 unspecified atom stereocenters. The first-order valence-corrected chi connectivity index (χ1v) is 10.9. The normalized spacial score (nSPS) is 19.6. The van der Waals surface area contributed by atoms with E-state index in [1.54, 1.807) is 6.07 Å². The maximum atomic E-state index is 14.7. The van der Waals surface area contributed by atoms with E-state index in [9.17, 15) is 13.2 Å². The van der Waals surface area contributed by atoms with Crippen LogP contribution in [0.25, 0.3) is 17.5 Å². The lowest BCUT2D eigenvalue weighted by Gasteiger charge is -2.38. The number of halogens is 3. The number of nitrogens with one attached hydrogen (secondary N) is 3. The van der Waals surface area contributed by atoms with Crippen LogP contribution in [-0.4, -0.2) is 57.5 Å². The van der Waals surface area contributed by atoms with E-state index < -0.39 is 12.1 Å². The molecule has 2 aromatic heterocycles. The Balaban J connectivity index is 1.83. The van der Waals surface area contributed by atoms with Crippen LogP contribution in [0.5, 0.6) is 0 Å². The molecular formula is C20H24F3N7S. The van der Waals surface area contributed by atoms with Gasteiger partial charge in [0, 0.05) is 25.1 Å². The molecule has 3 N–H and O–H groups in total. The quantitative estimate of drug-likeness (QED) is 0.413. The van der Waals surface area contributed by atoms with Gasteiger partial charge in [-0.05, 0) is 30.9 Å². The van der Waals surface area contributed by atoms with E-state index in [0.29, 0.717) is 41.7 Å². The summed E-state index contributed by atoms with van der Waals surface area (Å²) < 4.78 is 42.7. The first-order valence-electron chi connectivity index (χ1n) is 9.64. The molecule has 7 nitrogen and oxygen atoms in total. The van der Waals surface area contributed by atoms with Crippen molar-refractivity contribution in [1.82, 2.24) is 24.7 Å². The zero-order chi connectivity index (χ0) is 22.5. The average molecular weight is 452 g/mol. The molecule has 0 aromatic carbocycles. The summed E-state index contributed by atoms with van der Waals surface area (Å²) in [6.07, 6.45) is 4.34. The largest absolute Gasteiger partial charge is 0.349 e. The summed E-state index contributed by atoms with van der Waals surface area (Å²) in [5, 5.41) is 7.17. The number of H-pyrrole nitrogens is 1. The van der Waals surface area contributed by atoms with Crippen molar-refractivity contribution < 1.29 is 13.2 Å². The minimum absolute atomic E-state index is 0.0843. The highest BCUT2D eigenvalue weighted by Gasteiger charge is 2.32. The Kier molecular flexibility index (Phi) is 7.50. The number of rotatable bonds is 8. The number of aromatic nitrogens is 4. The number of anilines is 1. The summed E-state index contributed by atoms with van der Waals surface area (Å²) in [5.41, 5.74) is 1.06. The third-order valence-electron chi connectivity index (χ3n) is 5.06. The minimum atomic E-state index is -2.83. The van der Waals surface area contributed by atoms with Gasteiger partial charge in [0.05, 0.1) is 29.3 Å². The summed E-state index contributed by atoms with van der Waals surface area (Å²) >= 11 is 1.44. The summed E-state index contributed by atoms with van der Waals surface area (Å²) in [7, 11) is 0. The second-order valence-corrected chi connectivity index (χ2v) is 7.86. The van der Waals surface area contributed by atoms with E-state index in [1.165, 1.54) is 30.5 Å². The van der Waals surface area contributed by atoms with Crippen molar-refractivity contribution in [3.8, 4) is 11.4 Å². The monoisotopic (exact) mass is 451 g/mol. The predicted molar refractivity (Wildman–Crippen MR) is 118 cm³/mol. The molecule has 0 spiro atoms. The molecule has 1 aliphatic rings. The van der Waals surface area contributed by atoms with Crippen LogP contribution in [0.3, 0.4) is 0 Å². The van der Waals surface area contributed by atoms with E-state index in [2.05, 4.69) is 24.7 Å². The molecule has 31 heavy (non-hydrogen) atoms. The number of aromatic amines is 1. The van der Waals surface area contributed by atoms with Crippen LogP contribution >= 0.6 is 11.9 Å². The summed E-state index contributed by atoms with van der Waals surface area (Å²) in [4.78, 5) is 17.8. The van der Waals surface area contributed by atoms with E-state index in [0.717, 1.165) is 6.08 Å². The molecule has 0 saturated carbocycles. The standard InChI is InChI=1S/C20H24F3N7S/c1-11-9-30(12(2)13(19(11)21)7-28-31-3)18-6-15(26-10-27-18)16-8-25-17(29-16)5-4-14(24)20(22)23/h4-6,8,10-12,20,24,28H,7,9H2,1-3H3,(H,25,29)/b5-4-,24-14?. The molecule has 1 aliphatic heterocycles.